The quantitative estimate of drug-likeness (QED) is 0.768. The first-order chi connectivity index (χ1) is 8.26. The first kappa shape index (κ1) is 14.4. The summed E-state index contributed by atoms with van der Waals surface area (Å²) in [6, 6.07) is 8.35. The molecule has 0 fully saturated rings. The minimum atomic E-state index is 0.669. The third kappa shape index (κ3) is 5.99. The van der Waals surface area contributed by atoms with E-state index in [4.69, 9.17) is 4.74 Å². The number of hydrogen-bond donors (Lipinski definition) is 1. The highest BCUT2D eigenvalue weighted by atomic mass is 32.2. The highest BCUT2D eigenvalue weighted by molar-refractivity contribution is 7.99. The molecule has 0 amide bonds. The van der Waals surface area contributed by atoms with Crippen molar-refractivity contribution in [3.8, 4) is 5.75 Å². The van der Waals surface area contributed by atoms with Crippen LogP contribution in [0.25, 0.3) is 0 Å². The van der Waals surface area contributed by atoms with E-state index in [2.05, 4.69) is 37.6 Å². The fourth-order valence-corrected chi connectivity index (χ4v) is 1.71. The van der Waals surface area contributed by atoms with Gasteiger partial charge in [0, 0.05) is 18.3 Å². The van der Waals surface area contributed by atoms with Gasteiger partial charge in [0.05, 0.1) is 6.61 Å². The molecule has 3 heteroatoms. The van der Waals surface area contributed by atoms with Crippen LogP contribution in [0, 0.1) is 0 Å². The van der Waals surface area contributed by atoms with Gasteiger partial charge < -0.3 is 10.1 Å². The summed E-state index contributed by atoms with van der Waals surface area (Å²) in [5.74, 6) is 0.966. The Morgan fingerprint density at radius 3 is 2.59 bits per heavy atom. The van der Waals surface area contributed by atoms with E-state index in [-0.39, 0.29) is 0 Å². The van der Waals surface area contributed by atoms with Gasteiger partial charge >= 0.3 is 0 Å². The Hall–Kier alpha value is -0.670. The Morgan fingerprint density at radius 1 is 1.29 bits per heavy atom. The minimum Gasteiger partial charge on any atom is -0.494 e. The van der Waals surface area contributed by atoms with Gasteiger partial charge in [-0.1, -0.05) is 26.0 Å². The number of hydrogen-bond acceptors (Lipinski definition) is 3. The fourth-order valence-electron chi connectivity index (χ4n) is 1.43. The summed E-state index contributed by atoms with van der Waals surface area (Å²) in [7, 11) is 0. The van der Waals surface area contributed by atoms with Crippen molar-refractivity contribution in [3.63, 3.8) is 0 Å². The lowest BCUT2D eigenvalue weighted by atomic mass is 10.2. The highest BCUT2D eigenvalue weighted by Crippen LogP contribution is 2.12. The normalized spacial score (nSPS) is 12.4. The van der Waals surface area contributed by atoms with Gasteiger partial charge in [-0.25, -0.2) is 0 Å². The topological polar surface area (TPSA) is 21.3 Å². The molecule has 0 saturated carbocycles. The van der Waals surface area contributed by atoms with E-state index in [9.17, 15) is 0 Å². The molecule has 17 heavy (non-hydrogen) atoms. The van der Waals surface area contributed by atoms with Gasteiger partial charge in [-0.3, -0.25) is 0 Å². The van der Waals surface area contributed by atoms with Crippen LogP contribution in [0.5, 0.6) is 5.75 Å². The van der Waals surface area contributed by atoms with Gasteiger partial charge in [0.2, 0.25) is 0 Å². The van der Waals surface area contributed by atoms with E-state index in [1.54, 1.807) is 0 Å². The molecule has 0 radical (unpaired) electrons. The number of benzene rings is 1. The Morgan fingerprint density at radius 2 is 2.00 bits per heavy atom. The van der Waals surface area contributed by atoms with Crippen LogP contribution in [0.3, 0.4) is 0 Å². The summed E-state index contributed by atoms with van der Waals surface area (Å²) in [6.07, 6.45) is 3.20. The molecule has 0 aliphatic rings. The maximum Gasteiger partial charge on any atom is 0.119 e. The van der Waals surface area contributed by atoms with Crippen molar-refractivity contribution in [2.75, 3.05) is 19.4 Å². The second-order valence-corrected chi connectivity index (χ2v) is 5.45. The second-order valence-electron chi connectivity index (χ2n) is 4.17. The first-order valence-corrected chi connectivity index (χ1v) is 7.50. The molecule has 1 N–H and O–H groups in total. The molecule has 0 aliphatic carbocycles. The SMILES string of the molecule is CCCOc1ccc(CNCC(C)SC)cc1. The summed E-state index contributed by atoms with van der Waals surface area (Å²) >= 11 is 1.89. The van der Waals surface area contributed by atoms with E-state index in [1.807, 2.05) is 23.9 Å². The van der Waals surface area contributed by atoms with Gasteiger partial charge in [0.15, 0.2) is 0 Å². The van der Waals surface area contributed by atoms with Crippen LogP contribution in [-0.4, -0.2) is 24.7 Å². The van der Waals surface area contributed by atoms with Crippen molar-refractivity contribution in [1.82, 2.24) is 5.32 Å². The molecule has 0 aromatic heterocycles. The summed E-state index contributed by atoms with van der Waals surface area (Å²) in [6.45, 7) is 7.13. The molecule has 1 unspecified atom stereocenters. The Balaban J connectivity index is 2.30. The molecule has 1 aromatic carbocycles. The molecule has 0 spiro atoms. The lowest BCUT2D eigenvalue weighted by molar-refractivity contribution is 0.317. The Kier molecular flexibility index (Phi) is 7.13. The van der Waals surface area contributed by atoms with Crippen LogP contribution >= 0.6 is 11.8 Å². The second kappa shape index (κ2) is 8.43. The lowest BCUT2D eigenvalue weighted by Gasteiger charge is -2.10. The molecule has 2 nitrogen and oxygen atoms in total. The van der Waals surface area contributed by atoms with Crippen LogP contribution in [0.4, 0.5) is 0 Å². The summed E-state index contributed by atoms with van der Waals surface area (Å²) in [4.78, 5) is 0. The van der Waals surface area contributed by atoms with Crippen molar-refractivity contribution in [3.05, 3.63) is 29.8 Å². The maximum absolute atomic E-state index is 5.55. The Labute approximate surface area is 109 Å². The molecular weight excluding hydrogens is 230 g/mol. The molecule has 0 bridgehead atoms. The number of thioether (sulfide) groups is 1. The zero-order valence-corrected chi connectivity index (χ0v) is 11.8. The molecule has 1 atom stereocenters. The molecule has 0 heterocycles. The summed E-state index contributed by atoms with van der Waals surface area (Å²) in [5, 5.41) is 4.12. The highest BCUT2D eigenvalue weighted by Gasteiger charge is 1.99. The van der Waals surface area contributed by atoms with E-state index in [1.165, 1.54) is 5.56 Å². The fraction of sp³-hybridized carbons (Fsp3) is 0.571. The standard InChI is InChI=1S/C14H23NOS/c1-4-9-16-14-7-5-13(6-8-14)11-15-10-12(2)17-3/h5-8,12,15H,4,9-11H2,1-3H3. The molecular formula is C14H23NOS. The summed E-state index contributed by atoms with van der Waals surface area (Å²) < 4.78 is 5.55. The van der Waals surface area contributed by atoms with Crippen molar-refractivity contribution >= 4 is 11.8 Å². The van der Waals surface area contributed by atoms with Gasteiger partial charge in [0.1, 0.15) is 5.75 Å². The van der Waals surface area contributed by atoms with Gasteiger partial charge in [-0.15, -0.1) is 0 Å². The predicted molar refractivity (Wildman–Crippen MR) is 76.9 cm³/mol. The monoisotopic (exact) mass is 253 g/mol. The average Bonchev–Trinajstić information content (AvgIpc) is 2.37. The molecule has 0 saturated heterocycles. The third-order valence-corrected chi connectivity index (χ3v) is 3.53. The van der Waals surface area contributed by atoms with Gasteiger partial charge in [0.25, 0.3) is 0 Å². The zero-order valence-electron chi connectivity index (χ0n) is 11.0. The van der Waals surface area contributed by atoms with Crippen LogP contribution in [0.15, 0.2) is 24.3 Å². The maximum atomic E-state index is 5.55. The number of ether oxygens (including phenoxy) is 1. The predicted octanol–water partition coefficient (Wildman–Crippen LogP) is 3.32. The minimum absolute atomic E-state index is 0.669. The van der Waals surface area contributed by atoms with Crippen molar-refractivity contribution in [2.24, 2.45) is 0 Å². The van der Waals surface area contributed by atoms with E-state index < -0.39 is 0 Å². The van der Waals surface area contributed by atoms with Crippen LogP contribution in [-0.2, 0) is 6.54 Å². The molecule has 1 aromatic rings. The van der Waals surface area contributed by atoms with Gasteiger partial charge in [-0.05, 0) is 30.4 Å². The molecule has 96 valence electrons. The zero-order chi connectivity index (χ0) is 12.5. The van der Waals surface area contributed by atoms with Crippen molar-refractivity contribution < 1.29 is 4.74 Å². The van der Waals surface area contributed by atoms with Gasteiger partial charge in [-0.2, -0.15) is 11.8 Å². The Bertz CT molecular complexity index is 300. The van der Waals surface area contributed by atoms with E-state index >= 15 is 0 Å². The van der Waals surface area contributed by atoms with Crippen LogP contribution in [0.1, 0.15) is 25.8 Å². The number of rotatable bonds is 8. The first-order valence-electron chi connectivity index (χ1n) is 6.21. The van der Waals surface area contributed by atoms with E-state index in [0.29, 0.717) is 5.25 Å². The van der Waals surface area contributed by atoms with Crippen molar-refractivity contribution in [1.29, 1.82) is 0 Å². The third-order valence-electron chi connectivity index (χ3n) is 2.56. The smallest absolute Gasteiger partial charge is 0.119 e. The van der Waals surface area contributed by atoms with Crippen LogP contribution in [0.2, 0.25) is 0 Å². The molecule has 1 rings (SSSR count). The van der Waals surface area contributed by atoms with Crippen LogP contribution < -0.4 is 10.1 Å². The van der Waals surface area contributed by atoms with E-state index in [0.717, 1.165) is 31.9 Å². The lowest BCUT2D eigenvalue weighted by Crippen LogP contribution is -2.21. The van der Waals surface area contributed by atoms with Crippen molar-refractivity contribution in [2.45, 2.75) is 32.1 Å². The average molecular weight is 253 g/mol. The summed E-state index contributed by atoms with van der Waals surface area (Å²) in [5.41, 5.74) is 1.31. The largest absolute Gasteiger partial charge is 0.494 e. The molecule has 0 aliphatic heterocycles. The number of nitrogens with one attached hydrogen (secondary N) is 1.